The lowest BCUT2D eigenvalue weighted by Crippen LogP contribution is -2.38. The maximum absolute atomic E-state index is 12.7. The van der Waals surface area contributed by atoms with E-state index in [0.717, 1.165) is 12.8 Å². The Bertz CT molecular complexity index is 836. The molecule has 2 aromatic rings. The van der Waals surface area contributed by atoms with E-state index in [1.165, 1.54) is 12.1 Å². The monoisotopic (exact) mass is 380 g/mol. The Hall–Kier alpha value is -1.73. The fourth-order valence-corrected chi connectivity index (χ4v) is 3.88. The highest BCUT2D eigenvalue weighted by atomic mass is 35.5. The van der Waals surface area contributed by atoms with Gasteiger partial charge in [-0.3, -0.25) is 4.79 Å². The normalized spacial score (nSPS) is 15.2. The molecule has 3 rings (SSSR count). The summed E-state index contributed by atoms with van der Waals surface area (Å²) in [4.78, 5) is 12.6. The van der Waals surface area contributed by atoms with Crippen LogP contribution in [-0.4, -0.2) is 26.8 Å². The Morgan fingerprint density at radius 1 is 1.08 bits per heavy atom. The molecular weight excluding hydrogens is 360 g/mol. The average molecular weight is 381 g/mol. The van der Waals surface area contributed by atoms with Crippen molar-refractivity contribution in [2.24, 2.45) is 11.7 Å². The molecule has 1 atom stereocenters. The van der Waals surface area contributed by atoms with Gasteiger partial charge in [0.25, 0.3) is 0 Å². The third-order valence-electron chi connectivity index (χ3n) is 4.19. The molecule has 0 heterocycles. The van der Waals surface area contributed by atoms with Crippen molar-refractivity contribution in [3.63, 3.8) is 0 Å². The number of ketones is 1. The fraction of sp³-hybridized carbons (Fsp3) is 0.278. The molecule has 0 amide bonds. The van der Waals surface area contributed by atoms with Crippen LogP contribution in [0.2, 0.25) is 0 Å². The number of benzene rings is 2. The molecule has 0 spiro atoms. The minimum absolute atomic E-state index is 0. The van der Waals surface area contributed by atoms with Gasteiger partial charge in [-0.1, -0.05) is 42.5 Å². The Morgan fingerprint density at radius 2 is 1.68 bits per heavy atom. The molecule has 1 saturated carbocycles. The number of carbonyl (C=O) groups is 1. The van der Waals surface area contributed by atoms with Gasteiger partial charge in [-0.15, -0.1) is 12.4 Å². The minimum atomic E-state index is -3.80. The van der Waals surface area contributed by atoms with Gasteiger partial charge in [0.1, 0.15) is 0 Å². The van der Waals surface area contributed by atoms with Gasteiger partial charge >= 0.3 is 0 Å². The van der Waals surface area contributed by atoms with Gasteiger partial charge in [-0.2, -0.15) is 0 Å². The maximum Gasteiger partial charge on any atom is 0.241 e. The SMILES string of the molecule is Cl.NC(CNS(=O)(=O)c1ccccc1C(=O)c1ccccc1)C1CC1. The largest absolute Gasteiger partial charge is 0.326 e. The third kappa shape index (κ3) is 4.67. The molecule has 1 aliphatic carbocycles. The van der Waals surface area contributed by atoms with Gasteiger partial charge in [0.2, 0.25) is 10.0 Å². The van der Waals surface area contributed by atoms with Gasteiger partial charge in [-0.25, -0.2) is 13.1 Å². The van der Waals surface area contributed by atoms with Gasteiger partial charge in [0, 0.05) is 23.7 Å². The van der Waals surface area contributed by atoms with Crippen LogP contribution in [0.5, 0.6) is 0 Å². The summed E-state index contributed by atoms with van der Waals surface area (Å²) in [5.41, 5.74) is 6.58. The lowest BCUT2D eigenvalue weighted by molar-refractivity contribution is 0.103. The van der Waals surface area contributed by atoms with E-state index in [1.54, 1.807) is 42.5 Å². The molecule has 25 heavy (non-hydrogen) atoms. The summed E-state index contributed by atoms with van der Waals surface area (Å²) in [5, 5.41) is 0. The molecule has 0 radical (unpaired) electrons. The first-order chi connectivity index (χ1) is 11.5. The van der Waals surface area contributed by atoms with Crippen molar-refractivity contribution in [1.82, 2.24) is 4.72 Å². The van der Waals surface area contributed by atoms with Crippen molar-refractivity contribution in [1.29, 1.82) is 0 Å². The second-order valence-electron chi connectivity index (χ2n) is 6.04. The Kier molecular flexibility index (Phi) is 6.35. The van der Waals surface area contributed by atoms with Gasteiger partial charge in [0.05, 0.1) is 4.90 Å². The minimum Gasteiger partial charge on any atom is -0.326 e. The standard InChI is InChI=1S/C18H20N2O3S.ClH/c19-16(13-10-11-13)12-20-24(22,23)17-9-5-4-8-15(17)18(21)14-6-2-1-3-7-14;/h1-9,13,16,20H,10-12,19H2;1H. The smallest absolute Gasteiger partial charge is 0.241 e. The summed E-state index contributed by atoms with van der Waals surface area (Å²) in [7, 11) is -3.80. The number of hydrogen-bond donors (Lipinski definition) is 2. The van der Waals surface area contributed by atoms with Crippen LogP contribution in [0.3, 0.4) is 0 Å². The molecule has 0 aliphatic heterocycles. The summed E-state index contributed by atoms with van der Waals surface area (Å²) in [5.74, 6) is 0.0805. The van der Waals surface area contributed by atoms with Crippen molar-refractivity contribution >= 4 is 28.2 Å². The molecule has 0 bridgehead atoms. The number of nitrogens with two attached hydrogens (primary N) is 1. The van der Waals surface area contributed by atoms with Crippen LogP contribution in [0.25, 0.3) is 0 Å². The van der Waals surface area contributed by atoms with Gasteiger partial charge in [-0.05, 0) is 30.9 Å². The molecule has 0 aromatic heterocycles. The number of hydrogen-bond acceptors (Lipinski definition) is 4. The molecule has 3 N–H and O–H groups in total. The summed E-state index contributed by atoms with van der Waals surface area (Å²) in [6.45, 7) is 0.181. The first-order valence-corrected chi connectivity index (χ1v) is 9.41. The van der Waals surface area contributed by atoms with Crippen LogP contribution in [0, 0.1) is 5.92 Å². The molecule has 1 fully saturated rings. The number of carbonyl (C=O) groups excluding carboxylic acids is 1. The zero-order valence-corrected chi connectivity index (χ0v) is 15.2. The van der Waals surface area contributed by atoms with Crippen molar-refractivity contribution in [3.05, 3.63) is 65.7 Å². The van der Waals surface area contributed by atoms with E-state index in [9.17, 15) is 13.2 Å². The quantitative estimate of drug-likeness (QED) is 0.721. The summed E-state index contributed by atoms with van der Waals surface area (Å²) in [6.07, 6.45) is 2.10. The van der Waals surface area contributed by atoms with Crippen LogP contribution >= 0.6 is 12.4 Å². The predicted octanol–water partition coefficient (Wildman–Crippen LogP) is 2.36. The molecule has 2 aromatic carbocycles. The second kappa shape index (κ2) is 8.10. The van der Waals surface area contributed by atoms with Crippen LogP contribution in [0.15, 0.2) is 59.5 Å². The van der Waals surface area contributed by atoms with E-state index >= 15 is 0 Å². The van der Waals surface area contributed by atoms with Crippen molar-refractivity contribution in [3.8, 4) is 0 Å². The average Bonchev–Trinajstić information content (AvgIpc) is 3.45. The Labute approximate surface area is 154 Å². The first-order valence-electron chi connectivity index (χ1n) is 7.93. The summed E-state index contributed by atoms with van der Waals surface area (Å²) < 4.78 is 27.8. The third-order valence-corrected chi connectivity index (χ3v) is 5.68. The van der Waals surface area contributed by atoms with E-state index in [0.29, 0.717) is 11.5 Å². The highest BCUT2D eigenvalue weighted by molar-refractivity contribution is 7.89. The van der Waals surface area contributed by atoms with Gasteiger partial charge in [0.15, 0.2) is 5.78 Å². The number of rotatable bonds is 7. The van der Waals surface area contributed by atoms with E-state index in [1.807, 2.05) is 0 Å². The number of sulfonamides is 1. The predicted molar refractivity (Wildman–Crippen MR) is 99.5 cm³/mol. The molecule has 7 heteroatoms. The van der Waals surface area contributed by atoms with E-state index in [4.69, 9.17) is 5.73 Å². The number of halogens is 1. The Balaban J connectivity index is 0.00000225. The molecular formula is C18H21ClN2O3S. The molecule has 5 nitrogen and oxygen atoms in total. The number of nitrogens with one attached hydrogen (secondary N) is 1. The van der Waals surface area contributed by atoms with Crippen molar-refractivity contribution in [2.75, 3.05) is 6.54 Å². The first kappa shape index (κ1) is 19.6. The topological polar surface area (TPSA) is 89.3 Å². The van der Waals surface area contributed by atoms with E-state index in [-0.39, 0.29) is 41.2 Å². The zero-order chi connectivity index (χ0) is 17.2. The van der Waals surface area contributed by atoms with Crippen LogP contribution in [-0.2, 0) is 10.0 Å². The molecule has 0 saturated heterocycles. The zero-order valence-electron chi connectivity index (χ0n) is 13.6. The van der Waals surface area contributed by atoms with Crippen LogP contribution in [0.4, 0.5) is 0 Å². The lowest BCUT2D eigenvalue weighted by atomic mass is 10.0. The van der Waals surface area contributed by atoms with Crippen molar-refractivity contribution < 1.29 is 13.2 Å². The molecule has 1 aliphatic rings. The van der Waals surface area contributed by atoms with E-state index in [2.05, 4.69) is 4.72 Å². The highest BCUT2D eigenvalue weighted by Crippen LogP contribution is 2.31. The Morgan fingerprint density at radius 3 is 2.32 bits per heavy atom. The summed E-state index contributed by atoms with van der Waals surface area (Å²) in [6, 6.07) is 14.7. The molecule has 134 valence electrons. The second-order valence-corrected chi connectivity index (χ2v) is 7.78. The highest BCUT2D eigenvalue weighted by Gasteiger charge is 2.30. The van der Waals surface area contributed by atoms with Crippen LogP contribution < -0.4 is 10.5 Å². The maximum atomic E-state index is 12.7. The van der Waals surface area contributed by atoms with Gasteiger partial charge < -0.3 is 5.73 Å². The lowest BCUT2D eigenvalue weighted by Gasteiger charge is -2.14. The van der Waals surface area contributed by atoms with Crippen molar-refractivity contribution in [2.45, 2.75) is 23.8 Å². The summed E-state index contributed by atoms with van der Waals surface area (Å²) >= 11 is 0. The van der Waals surface area contributed by atoms with E-state index < -0.39 is 10.0 Å². The molecule has 1 unspecified atom stereocenters. The van der Waals surface area contributed by atoms with Crippen LogP contribution in [0.1, 0.15) is 28.8 Å². The fourth-order valence-electron chi connectivity index (χ4n) is 2.61.